The molecule has 0 N–H and O–H groups in total. The van der Waals surface area contributed by atoms with Crippen LogP contribution in [0.25, 0.3) is 0 Å². The third-order valence-electron chi connectivity index (χ3n) is 7.98. The summed E-state index contributed by atoms with van der Waals surface area (Å²) in [6.45, 7) is 2.26. The van der Waals surface area contributed by atoms with Crippen molar-refractivity contribution in [2.75, 3.05) is 7.11 Å². The molecule has 1 aromatic carbocycles. The van der Waals surface area contributed by atoms with Crippen LogP contribution in [-0.4, -0.2) is 12.9 Å². The number of rotatable bonds is 6. The Bertz CT molecular complexity index is 749. The van der Waals surface area contributed by atoms with E-state index in [2.05, 4.69) is 37.3 Å². The molecular weight excluding hydrogens is 320 g/mol. The zero-order valence-electron chi connectivity index (χ0n) is 16.0. The van der Waals surface area contributed by atoms with Crippen LogP contribution < -0.4 is 0 Å². The Labute approximate surface area is 157 Å². The van der Waals surface area contributed by atoms with E-state index in [1.807, 2.05) is 0 Å². The molecule has 0 amide bonds. The number of carbonyl (C=O) groups is 1. The van der Waals surface area contributed by atoms with E-state index in [4.69, 9.17) is 4.74 Å². The van der Waals surface area contributed by atoms with E-state index < -0.39 is 0 Å². The van der Waals surface area contributed by atoms with Gasteiger partial charge < -0.3 is 4.74 Å². The van der Waals surface area contributed by atoms with Crippen molar-refractivity contribution in [1.29, 1.82) is 0 Å². The average molecular weight is 351 g/mol. The molecule has 0 spiro atoms. The first-order chi connectivity index (χ1) is 12.7. The quantitative estimate of drug-likeness (QED) is 0.698. The number of hydrogen-bond acceptors (Lipinski definition) is 2. The van der Waals surface area contributed by atoms with Gasteiger partial charge in [0.2, 0.25) is 0 Å². The van der Waals surface area contributed by atoms with Gasteiger partial charge >= 0.3 is 0 Å². The smallest absolute Gasteiger partial charge is 0.167 e. The fraction of sp³-hybridized carbons (Fsp3) is 0.625. The third kappa shape index (κ3) is 2.08. The van der Waals surface area contributed by atoms with Crippen molar-refractivity contribution in [2.45, 2.75) is 57.3 Å². The summed E-state index contributed by atoms with van der Waals surface area (Å²) in [5, 5.41) is 0. The lowest BCUT2D eigenvalue weighted by molar-refractivity contribution is -0.120. The lowest BCUT2D eigenvalue weighted by atomic mass is 9.78. The van der Waals surface area contributed by atoms with E-state index in [9.17, 15) is 4.79 Å². The van der Waals surface area contributed by atoms with Gasteiger partial charge in [0.15, 0.2) is 5.78 Å². The summed E-state index contributed by atoms with van der Waals surface area (Å²) in [7, 11) is 1.80. The monoisotopic (exact) mass is 350 g/mol. The van der Waals surface area contributed by atoms with Crippen molar-refractivity contribution in [1.82, 2.24) is 0 Å². The van der Waals surface area contributed by atoms with Crippen LogP contribution in [0.1, 0.15) is 57.4 Å². The minimum atomic E-state index is -0.0668. The zero-order chi connectivity index (χ0) is 17.9. The number of hydrogen-bond donors (Lipinski definition) is 0. The van der Waals surface area contributed by atoms with Crippen molar-refractivity contribution >= 4 is 5.78 Å². The summed E-state index contributed by atoms with van der Waals surface area (Å²) in [6, 6.07) is 10.8. The maximum atomic E-state index is 13.7. The Kier molecular flexibility index (Phi) is 3.81. The van der Waals surface area contributed by atoms with Gasteiger partial charge in [0.05, 0.1) is 7.11 Å². The molecule has 2 heteroatoms. The van der Waals surface area contributed by atoms with E-state index in [1.54, 1.807) is 7.11 Å². The third-order valence-corrected chi connectivity index (χ3v) is 7.98. The summed E-state index contributed by atoms with van der Waals surface area (Å²) in [5.41, 5.74) is 2.35. The van der Waals surface area contributed by atoms with E-state index in [-0.39, 0.29) is 11.3 Å². The Morgan fingerprint density at radius 2 is 1.85 bits per heavy atom. The van der Waals surface area contributed by atoms with Gasteiger partial charge in [-0.3, -0.25) is 4.79 Å². The van der Waals surface area contributed by atoms with Crippen LogP contribution in [0.4, 0.5) is 0 Å². The number of unbranched alkanes of at least 4 members (excludes halogenated alkanes) is 1. The Morgan fingerprint density at radius 3 is 2.54 bits per heavy atom. The number of ether oxygens (including phenoxy) is 1. The molecule has 5 rings (SSSR count). The molecule has 6 unspecified atom stereocenters. The first-order valence-corrected chi connectivity index (χ1v) is 10.6. The van der Waals surface area contributed by atoms with E-state index in [1.165, 1.54) is 44.1 Å². The molecule has 0 aliphatic heterocycles. The van der Waals surface area contributed by atoms with E-state index in [0.717, 1.165) is 17.8 Å². The summed E-state index contributed by atoms with van der Waals surface area (Å²) < 4.78 is 6.02. The first kappa shape index (κ1) is 16.6. The summed E-state index contributed by atoms with van der Waals surface area (Å²) in [4.78, 5) is 13.7. The number of methoxy groups -OCH3 is 1. The highest BCUT2D eigenvalue weighted by atomic mass is 16.5. The topological polar surface area (TPSA) is 26.3 Å². The van der Waals surface area contributed by atoms with Crippen LogP contribution in [0.5, 0.6) is 0 Å². The Hall–Kier alpha value is -1.57. The molecule has 26 heavy (non-hydrogen) atoms. The van der Waals surface area contributed by atoms with Gasteiger partial charge in [-0.05, 0) is 55.4 Å². The van der Waals surface area contributed by atoms with Crippen molar-refractivity contribution in [3.05, 3.63) is 47.2 Å². The van der Waals surface area contributed by atoms with Gasteiger partial charge in [0.25, 0.3) is 0 Å². The van der Waals surface area contributed by atoms with Gasteiger partial charge in [-0.15, -0.1) is 0 Å². The van der Waals surface area contributed by atoms with Crippen LogP contribution in [0.2, 0.25) is 0 Å². The summed E-state index contributed by atoms with van der Waals surface area (Å²) in [6.07, 6.45) is 8.61. The molecular formula is C24H30O2. The molecule has 0 radical (unpaired) electrons. The molecule has 6 atom stereocenters. The SMILES string of the molecule is CCCCC1CC1(C1=C(OC)C2C3CCC(C3)C2C1=O)c1ccccc1. The normalized spacial score (nSPS) is 40.2. The molecule has 2 bridgehead atoms. The van der Waals surface area contributed by atoms with E-state index >= 15 is 0 Å². The zero-order valence-corrected chi connectivity index (χ0v) is 16.0. The molecule has 2 nitrogen and oxygen atoms in total. The second-order valence-corrected chi connectivity index (χ2v) is 9.07. The molecule has 3 fully saturated rings. The van der Waals surface area contributed by atoms with Crippen molar-refractivity contribution < 1.29 is 9.53 Å². The highest BCUT2D eigenvalue weighted by Crippen LogP contribution is 2.68. The standard InChI is InChI=1S/C24H30O2/c1-3-4-8-18-14-24(18,17-9-6-5-7-10-17)21-22(25)19-15-11-12-16(13-15)20(19)23(21)26-2/h5-7,9-10,15-16,18-20H,3-4,8,11-14H2,1-2H3. The predicted octanol–water partition coefficient (Wildman–Crippen LogP) is 5.28. The van der Waals surface area contributed by atoms with Crippen LogP contribution in [0.15, 0.2) is 41.7 Å². The second-order valence-electron chi connectivity index (χ2n) is 9.07. The molecule has 4 aliphatic carbocycles. The summed E-state index contributed by atoms with van der Waals surface area (Å²) >= 11 is 0. The summed E-state index contributed by atoms with van der Waals surface area (Å²) in [5.74, 6) is 4.03. The Morgan fingerprint density at radius 1 is 1.12 bits per heavy atom. The number of benzene rings is 1. The second kappa shape index (κ2) is 5.97. The maximum absolute atomic E-state index is 13.7. The minimum Gasteiger partial charge on any atom is -0.500 e. The lowest BCUT2D eigenvalue weighted by Gasteiger charge is -2.24. The number of carbonyl (C=O) groups excluding carboxylic acids is 1. The van der Waals surface area contributed by atoms with Crippen LogP contribution >= 0.6 is 0 Å². The molecule has 1 aromatic rings. The van der Waals surface area contributed by atoms with Gasteiger partial charge in [-0.1, -0.05) is 50.1 Å². The van der Waals surface area contributed by atoms with Gasteiger partial charge in [-0.25, -0.2) is 0 Å². The predicted molar refractivity (Wildman–Crippen MR) is 103 cm³/mol. The van der Waals surface area contributed by atoms with Gasteiger partial charge in [0, 0.05) is 22.8 Å². The highest BCUT2D eigenvalue weighted by Gasteiger charge is 2.67. The number of fused-ring (bicyclic) bond motifs is 5. The van der Waals surface area contributed by atoms with Crippen LogP contribution in [-0.2, 0) is 14.9 Å². The van der Waals surface area contributed by atoms with Gasteiger partial charge in [-0.2, -0.15) is 0 Å². The van der Waals surface area contributed by atoms with Crippen molar-refractivity contribution in [2.24, 2.45) is 29.6 Å². The molecule has 138 valence electrons. The molecule has 3 saturated carbocycles. The number of ketones is 1. The minimum absolute atomic E-state index is 0.0668. The van der Waals surface area contributed by atoms with Crippen LogP contribution in [0, 0.1) is 29.6 Å². The van der Waals surface area contributed by atoms with Crippen LogP contribution in [0.3, 0.4) is 0 Å². The number of Topliss-reactive ketones (excluding diaryl/α,β-unsaturated/α-hetero) is 1. The van der Waals surface area contributed by atoms with Crippen molar-refractivity contribution in [3.63, 3.8) is 0 Å². The first-order valence-electron chi connectivity index (χ1n) is 10.6. The van der Waals surface area contributed by atoms with Gasteiger partial charge in [0.1, 0.15) is 5.76 Å². The fourth-order valence-corrected chi connectivity index (χ4v) is 6.85. The maximum Gasteiger partial charge on any atom is 0.167 e. The highest BCUT2D eigenvalue weighted by molar-refractivity contribution is 6.04. The molecule has 4 aliphatic rings. The van der Waals surface area contributed by atoms with E-state index in [0.29, 0.717) is 29.5 Å². The lowest BCUT2D eigenvalue weighted by Crippen LogP contribution is -2.27. The molecule has 0 heterocycles. The Balaban J connectivity index is 1.60. The molecule has 0 saturated heterocycles. The largest absolute Gasteiger partial charge is 0.500 e. The number of allylic oxidation sites excluding steroid dienone is 2. The molecule has 0 aromatic heterocycles. The average Bonchev–Trinajstić information content (AvgIpc) is 2.98. The fourth-order valence-electron chi connectivity index (χ4n) is 6.85. The van der Waals surface area contributed by atoms with Crippen molar-refractivity contribution in [3.8, 4) is 0 Å².